The number of aliphatic hydroxyl groups is 2. The highest BCUT2D eigenvalue weighted by Crippen LogP contribution is 2.60. The van der Waals surface area contributed by atoms with Gasteiger partial charge in [-0.2, -0.15) is 5.21 Å². The number of phosphoric acid groups is 1. The molecule has 0 fully saturated rings. The number of aromatic hydroxyl groups is 1. The summed E-state index contributed by atoms with van der Waals surface area (Å²) in [5.41, 5.74) is 0.132. The number of aliphatic hydroxyl groups excluding tert-OH is 1. The monoisotopic (exact) mass is 1240 g/mol. The zero-order valence-electron chi connectivity index (χ0n) is 48.4. The van der Waals surface area contributed by atoms with Gasteiger partial charge in [0.2, 0.25) is 5.16 Å². The number of rotatable bonds is 13. The lowest BCUT2D eigenvalue weighted by Gasteiger charge is -2.43. The van der Waals surface area contributed by atoms with Gasteiger partial charge in [0, 0.05) is 53.7 Å². The minimum absolute atomic E-state index is 0. The van der Waals surface area contributed by atoms with E-state index >= 15 is 0 Å². The van der Waals surface area contributed by atoms with Crippen LogP contribution in [0.1, 0.15) is 176 Å². The van der Waals surface area contributed by atoms with Crippen molar-refractivity contribution in [3.63, 3.8) is 0 Å². The molecule has 1 aromatic heterocycles. The number of thioether (sulfide) groups is 1. The van der Waals surface area contributed by atoms with Gasteiger partial charge >= 0.3 is 16.3 Å². The summed E-state index contributed by atoms with van der Waals surface area (Å²) in [7, 11) is -4.65. The number of halogens is 2. The van der Waals surface area contributed by atoms with Crippen molar-refractivity contribution in [2.75, 3.05) is 19.0 Å². The Morgan fingerprint density at radius 1 is 0.812 bits per heavy atom. The molecule has 0 radical (unpaired) electrons. The van der Waals surface area contributed by atoms with Crippen LogP contribution in [-0.2, 0) is 39.8 Å². The van der Waals surface area contributed by atoms with Crippen molar-refractivity contribution in [1.29, 1.82) is 0 Å². The quantitative estimate of drug-likeness (QED) is 0.0210. The first-order valence-electron chi connectivity index (χ1n) is 25.1. The molecule has 2 aliphatic rings. The van der Waals surface area contributed by atoms with Gasteiger partial charge in [-0.25, -0.2) is 14.1 Å². The highest BCUT2D eigenvalue weighted by molar-refractivity contribution is 8.02. The van der Waals surface area contributed by atoms with E-state index in [9.17, 15) is 14.8 Å². The number of H-pyrrole nitrogens is 1. The number of hydrogen-bond donors (Lipinski definition) is 5. The molecule has 458 valence electrons. The number of benzene rings is 3. The molecule has 3 heterocycles. The molecule has 0 amide bonds. The number of terminal acetylenes is 2. The molecule has 4 aromatic rings. The summed E-state index contributed by atoms with van der Waals surface area (Å²) in [6.07, 6.45) is 10.7. The van der Waals surface area contributed by atoms with Crippen LogP contribution in [0.2, 0.25) is 0 Å². The fourth-order valence-electron chi connectivity index (χ4n) is 6.62. The molecule has 0 saturated carbocycles. The number of fused-ring (bicyclic) bond motifs is 2. The summed E-state index contributed by atoms with van der Waals surface area (Å²) in [5.74, 6) is 7.28. The van der Waals surface area contributed by atoms with Gasteiger partial charge in [-0.1, -0.05) is 95.6 Å². The van der Waals surface area contributed by atoms with Crippen molar-refractivity contribution in [2.24, 2.45) is 0 Å². The predicted molar refractivity (Wildman–Crippen MR) is 339 cm³/mol. The minimum Gasteiger partial charge on any atom is -0.508 e. The van der Waals surface area contributed by atoms with E-state index in [1.165, 1.54) is 0 Å². The summed E-state index contributed by atoms with van der Waals surface area (Å²) in [5, 5.41) is 48.5. The Hall–Kier alpha value is -3.09. The highest BCUT2D eigenvalue weighted by Gasteiger charge is 2.44. The number of nitrogens with zero attached hydrogens (tertiary/aromatic N) is 5. The second-order valence-corrected chi connectivity index (χ2v) is 28.1. The van der Waals surface area contributed by atoms with Crippen LogP contribution in [0.25, 0.3) is 0 Å². The maximum atomic E-state index is 12.4. The van der Waals surface area contributed by atoms with E-state index in [4.69, 9.17) is 68.3 Å². The number of phenols is 1. The van der Waals surface area contributed by atoms with Crippen molar-refractivity contribution in [1.82, 2.24) is 30.0 Å². The minimum atomic E-state index is -3.59. The van der Waals surface area contributed by atoms with Crippen molar-refractivity contribution < 1.29 is 52.6 Å². The molecule has 2 atom stereocenters. The van der Waals surface area contributed by atoms with Crippen LogP contribution in [-0.4, -0.2) is 99.3 Å². The number of tetrazole rings is 1. The van der Waals surface area contributed by atoms with Crippen LogP contribution in [0.5, 0.6) is 17.2 Å². The van der Waals surface area contributed by atoms with E-state index in [0.29, 0.717) is 53.5 Å². The van der Waals surface area contributed by atoms with Crippen molar-refractivity contribution in [2.45, 2.75) is 211 Å². The molecule has 80 heavy (non-hydrogen) atoms. The second kappa shape index (κ2) is 41.0. The number of aromatic nitrogens is 4. The lowest BCUT2D eigenvalue weighted by Crippen LogP contribution is -2.38. The van der Waals surface area contributed by atoms with E-state index in [1.807, 2.05) is 57.2 Å². The average molecular weight is 1240 g/mol. The van der Waals surface area contributed by atoms with Crippen LogP contribution in [0.15, 0.2) is 78.0 Å². The molecule has 0 saturated heterocycles. The Morgan fingerprint density at radius 2 is 1.29 bits per heavy atom. The molecule has 5 N–H and O–H groups in total. The van der Waals surface area contributed by atoms with Gasteiger partial charge in [0.05, 0.1) is 24.4 Å². The Bertz CT molecular complexity index is 2350. The van der Waals surface area contributed by atoms with Gasteiger partial charge in [0.25, 0.3) is 6.78 Å². The van der Waals surface area contributed by atoms with Gasteiger partial charge in [-0.05, 0) is 147 Å². The zero-order valence-corrected chi connectivity index (χ0v) is 53.5. The molecule has 23 heteroatoms. The van der Waals surface area contributed by atoms with Gasteiger partial charge < -0.3 is 28.9 Å². The maximum absolute atomic E-state index is 12.4. The fraction of sp³-hybridized carbons (Fsp3) is 0.596. The molecular weight excluding hydrogens is 1140 g/mol. The lowest BCUT2D eigenvalue weighted by molar-refractivity contribution is -0.306. The number of nitrogens with one attached hydrogen (secondary N) is 1. The van der Waals surface area contributed by atoms with Crippen LogP contribution < -0.4 is 9.05 Å². The highest BCUT2D eigenvalue weighted by atomic mass is 35.9. The molecule has 2 unspecified atom stereocenters. The first-order chi connectivity index (χ1) is 35.7. The first kappa shape index (κ1) is 83.4. The van der Waals surface area contributed by atoms with Gasteiger partial charge in [-0.3, -0.25) is 14.3 Å². The van der Waals surface area contributed by atoms with E-state index in [1.54, 1.807) is 76.7 Å². The van der Waals surface area contributed by atoms with E-state index in [0.717, 1.165) is 22.6 Å². The lowest BCUT2D eigenvalue weighted by atomic mass is 9.98. The number of para-hydroxylation sites is 3. The Labute approximate surface area is 499 Å². The van der Waals surface area contributed by atoms with Gasteiger partial charge in [0.1, 0.15) is 50.9 Å². The third kappa shape index (κ3) is 32.1. The SMILES string of the molecule is C.C.C.C#CCCO.C#CCCOP1(=O)Oc2ccccc2C(C)(C)O1.CC(C)(C)OO.CC(C)(O)c1ccccc1O.CC(C)N(C(C)C)P1Oc2ccccc2C(C)(C)O1.CC(C)N(C(C)C)[PH+](Cl)Cl.CCSc1nn[nH]n1. The molecule has 6 rings (SSSR count). The summed E-state index contributed by atoms with van der Waals surface area (Å²) < 4.78 is 45.2. The number of aromatic amines is 1. The topological polar surface area (TPSA) is 214 Å². The van der Waals surface area contributed by atoms with Crippen molar-refractivity contribution >= 4 is 57.4 Å². The largest absolute Gasteiger partial charge is 0.530 e. The molecule has 17 nitrogen and oxygen atoms in total. The molecule has 3 aromatic carbocycles. The van der Waals surface area contributed by atoms with E-state index < -0.39 is 39.9 Å². The summed E-state index contributed by atoms with van der Waals surface area (Å²) in [6, 6.07) is 23.9. The third-order valence-corrected chi connectivity index (χ3v) is 17.0. The van der Waals surface area contributed by atoms with Crippen LogP contribution >= 0.6 is 57.4 Å². The first-order valence-corrected chi connectivity index (χ1v) is 32.2. The van der Waals surface area contributed by atoms with Gasteiger partial charge in [0.15, 0.2) is 0 Å². The van der Waals surface area contributed by atoms with Gasteiger partial charge in [-0.15, -0.1) is 39.6 Å². The molecule has 0 spiro atoms. The zero-order chi connectivity index (χ0) is 59.4. The Kier molecular flexibility index (Phi) is 42.7. The summed E-state index contributed by atoms with van der Waals surface area (Å²) in [4.78, 5) is 3.94. The number of phosphoric ester groups is 1. The van der Waals surface area contributed by atoms with Crippen LogP contribution in [0, 0.1) is 24.7 Å². The predicted octanol–water partition coefficient (Wildman–Crippen LogP) is 16.8. The number of phenolic OH excluding ortho intramolecular Hbond substituents is 1. The van der Waals surface area contributed by atoms with Crippen LogP contribution in [0.3, 0.4) is 0 Å². The fourth-order valence-corrected chi connectivity index (χ4v) is 13.5. The molecule has 2 aliphatic heterocycles. The van der Waals surface area contributed by atoms with Crippen LogP contribution in [0.4, 0.5) is 0 Å². The summed E-state index contributed by atoms with van der Waals surface area (Å²) >= 11 is 13.2. The Morgan fingerprint density at radius 3 is 1.65 bits per heavy atom. The average Bonchev–Trinajstić information content (AvgIpc) is 3.83. The maximum Gasteiger partial charge on any atom is 0.530 e. The van der Waals surface area contributed by atoms with Crippen molar-refractivity contribution in [3.8, 4) is 41.9 Å². The van der Waals surface area contributed by atoms with E-state index in [2.05, 4.69) is 122 Å². The Balaban J connectivity index is -0.000000439. The molecular formula is C57H100Cl2N6O11P3S+. The normalized spacial score (nSPS) is 16.1. The summed E-state index contributed by atoms with van der Waals surface area (Å²) in [6.45, 7) is 34.6. The smallest absolute Gasteiger partial charge is 0.508 e. The number of hydrogen-bond acceptors (Lipinski definition) is 17. The third-order valence-electron chi connectivity index (χ3n) is 9.85. The van der Waals surface area contributed by atoms with Crippen molar-refractivity contribution in [3.05, 3.63) is 89.5 Å². The molecule has 0 bridgehead atoms. The standard InChI is InChI=1S/C15H24NO2P.C13H15O4P.C9H12O2.C6H14Cl2NP.C4H10O2.C4H6O.C3H6N4S.3CH4/c1-11(2)16(12(3)4)19-17-14-10-8-7-9-13(14)15(5,6)18-19;1-4-5-10-15-18(14)16-12-9-7-6-8-11(12)13(2,3)17-18;1-9(2,11)7-5-3-4-6-8(7)10;1-5(2)9(6(3)4)10(7)8;1-4(2,3)6-5;1-2-3-4-5;1-2-8-3-4-6-7-5-3;;;/h7-12H,1-6H3;1,6-9H,5,10H2,2-3H3;3-6,10-11H,1-2H3;5-6H,1-4H3;5H,1-3H3;1,5H,3-4H2;2H2,1H3,(H,4,5,6,7);3*1H4/p+1. The van der Waals surface area contributed by atoms with E-state index in [-0.39, 0.29) is 46.8 Å². The molecule has 0 aliphatic carbocycles. The second-order valence-electron chi connectivity index (χ2n) is 20.3.